The number of hydrogen-bond acceptors (Lipinski definition) is 5. The van der Waals surface area contributed by atoms with Gasteiger partial charge in [0, 0.05) is 28.2 Å². The minimum Gasteiger partial charge on any atom is -0.479 e. The van der Waals surface area contributed by atoms with Gasteiger partial charge >= 0.3 is 11.9 Å². The molecule has 0 bridgehead atoms. The van der Waals surface area contributed by atoms with Gasteiger partial charge in [0.15, 0.2) is 6.10 Å². The van der Waals surface area contributed by atoms with Crippen LogP contribution in [0.4, 0.5) is 0 Å². The molecule has 1 aromatic heterocycles. The Kier molecular flexibility index (Phi) is 7.82. The molecule has 0 aliphatic rings. The number of fused-ring (bicyclic) bond motifs is 1. The van der Waals surface area contributed by atoms with Gasteiger partial charge in [0.1, 0.15) is 12.4 Å². The van der Waals surface area contributed by atoms with Crippen LogP contribution in [0.2, 0.25) is 5.02 Å². The predicted octanol–water partition coefficient (Wildman–Crippen LogP) is 5.63. The van der Waals surface area contributed by atoms with E-state index in [9.17, 15) is 9.59 Å². The fraction of sp³-hybridized carbons (Fsp3) is 0.308. The standard InChI is InChI=1S/C26H28ClNO5/c1-6-12-32-25(29)18-8-11-23-21(14-18)16(3)17(4)28(23)15-19-13-20(9-10-22(19)27)33-24(7-2)26(30)31-5/h6,8-11,13-14,24H,1,7,12,15H2,2-5H3. The first kappa shape index (κ1) is 24.4. The third-order valence-electron chi connectivity index (χ3n) is 5.67. The first-order valence-electron chi connectivity index (χ1n) is 10.7. The Morgan fingerprint density at radius 3 is 2.61 bits per heavy atom. The number of rotatable bonds is 9. The minimum absolute atomic E-state index is 0.168. The van der Waals surface area contributed by atoms with Crippen LogP contribution >= 0.6 is 11.6 Å². The third-order valence-corrected chi connectivity index (χ3v) is 6.03. The minimum atomic E-state index is -0.681. The molecule has 0 N–H and O–H groups in total. The number of benzene rings is 2. The Morgan fingerprint density at radius 2 is 1.94 bits per heavy atom. The fourth-order valence-electron chi connectivity index (χ4n) is 3.71. The van der Waals surface area contributed by atoms with E-state index in [1.54, 1.807) is 18.2 Å². The van der Waals surface area contributed by atoms with Crippen LogP contribution in [-0.2, 0) is 20.8 Å². The maximum Gasteiger partial charge on any atom is 0.347 e. The lowest BCUT2D eigenvalue weighted by atomic mass is 10.1. The molecule has 2 aromatic carbocycles. The number of halogens is 1. The van der Waals surface area contributed by atoms with Crippen LogP contribution in [0.5, 0.6) is 5.75 Å². The molecular weight excluding hydrogens is 442 g/mol. The van der Waals surface area contributed by atoms with Gasteiger partial charge in [-0.2, -0.15) is 0 Å². The average molecular weight is 470 g/mol. The molecule has 0 saturated heterocycles. The number of esters is 2. The van der Waals surface area contributed by atoms with Crippen LogP contribution < -0.4 is 4.74 Å². The van der Waals surface area contributed by atoms with Crippen molar-refractivity contribution in [3.63, 3.8) is 0 Å². The Balaban J connectivity index is 1.94. The third kappa shape index (κ3) is 5.22. The van der Waals surface area contributed by atoms with Crippen LogP contribution in [0.3, 0.4) is 0 Å². The molecule has 3 rings (SSSR count). The molecule has 1 unspecified atom stereocenters. The van der Waals surface area contributed by atoms with Crippen LogP contribution in [0.15, 0.2) is 49.1 Å². The summed E-state index contributed by atoms with van der Waals surface area (Å²) < 4.78 is 18.0. The van der Waals surface area contributed by atoms with Crippen molar-refractivity contribution in [1.82, 2.24) is 4.57 Å². The molecule has 1 heterocycles. The first-order valence-corrected chi connectivity index (χ1v) is 11.1. The molecule has 0 fully saturated rings. The summed E-state index contributed by atoms with van der Waals surface area (Å²) in [5, 5.41) is 1.57. The summed E-state index contributed by atoms with van der Waals surface area (Å²) in [5.74, 6) is -0.255. The lowest BCUT2D eigenvalue weighted by Crippen LogP contribution is -2.27. The van der Waals surface area contributed by atoms with E-state index < -0.39 is 12.1 Å². The van der Waals surface area contributed by atoms with Gasteiger partial charge in [-0.1, -0.05) is 31.2 Å². The molecular formula is C26H28ClNO5. The summed E-state index contributed by atoms with van der Waals surface area (Å²) >= 11 is 6.50. The molecule has 174 valence electrons. The molecule has 3 aromatic rings. The van der Waals surface area contributed by atoms with E-state index in [4.69, 9.17) is 25.8 Å². The van der Waals surface area contributed by atoms with Crippen molar-refractivity contribution in [3.05, 3.63) is 76.5 Å². The van der Waals surface area contributed by atoms with Crippen LogP contribution in [-0.4, -0.2) is 36.3 Å². The van der Waals surface area contributed by atoms with Crippen molar-refractivity contribution in [2.75, 3.05) is 13.7 Å². The number of hydrogen-bond donors (Lipinski definition) is 0. The van der Waals surface area contributed by atoms with Crippen LogP contribution in [0.25, 0.3) is 10.9 Å². The van der Waals surface area contributed by atoms with E-state index in [-0.39, 0.29) is 12.6 Å². The topological polar surface area (TPSA) is 66.8 Å². The Morgan fingerprint density at radius 1 is 1.18 bits per heavy atom. The molecule has 1 atom stereocenters. The summed E-state index contributed by atoms with van der Waals surface area (Å²) in [7, 11) is 1.34. The van der Waals surface area contributed by atoms with Crippen molar-refractivity contribution in [2.45, 2.75) is 39.8 Å². The Hall–Kier alpha value is -3.25. The van der Waals surface area contributed by atoms with E-state index in [1.165, 1.54) is 13.2 Å². The van der Waals surface area contributed by atoms with Gasteiger partial charge < -0.3 is 18.8 Å². The fourth-order valence-corrected chi connectivity index (χ4v) is 3.89. The predicted molar refractivity (Wildman–Crippen MR) is 129 cm³/mol. The number of carbonyl (C=O) groups excluding carboxylic acids is 2. The van der Waals surface area contributed by atoms with E-state index in [1.807, 2.05) is 39.0 Å². The van der Waals surface area contributed by atoms with E-state index in [2.05, 4.69) is 11.1 Å². The Labute approximate surface area is 198 Å². The number of aryl methyl sites for hydroxylation is 1. The maximum absolute atomic E-state index is 12.3. The van der Waals surface area contributed by atoms with Crippen molar-refractivity contribution in [2.24, 2.45) is 0 Å². The maximum atomic E-state index is 12.3. The van der Waals surface area contributed by atoms with Crippen molar-refractivity contribution < 1.29 is 23.8 Å². The summed E-state index contributed by atoms with van der Waals surface area (Å²) in [5.41, 5.74) is 4.46. The van der Waals surface area contributed by atoms with Crippen LogP contribution in [0, 0.1) is 13.8 Å². The second-order valence-corrected chi connectivity index (χ2v) is 8.11. The molecule has 7 heteroatoms. The quantitative estimate of drug-likeness (QED) is 0.300. The Bertz CT molecular complexity index is 1200. The normalized spacial score (nSPS) is 11.8. The van der Waals surface area contributed by atoms with Gasteiger partial charge in [-0.3, -0.25) is 0 Å². The van der Waals surface area contributed by atoms with Crippen molar-refractivity contribution >= 4 is 34.4 Å². The molecule has 6 nitrogen and oxygen atoms in total. The van der Waals surface area contributed by atoms with Gasteiger partial charge in [-0.25, -0.2) is 9.59 Å². The number of methoxy groups -OCH3 is 1. The van der Waals surface area contributed by atoms with Gasteiger partial charge in [0.05, 0.1) is 12.7 Å². The van der Waals surface area contributed by atoms with E-state index in [0.29, 0.717) is 29.3 Å². The highest BCUT2D eigenvalue weighted by atomic mass is 35.5. The zero-order valence-electron chi connectivity index (χ0n) is 19.3. The SMILES string of the molecule is C=CCOC(=O)c1ccc2c(c1)c(C)c(C)n2Cc1cc(OC(CC)C(=O)OC)ccc1Cl. The largest absolute Gasteiger partial charge is 0.479 e. The van der Waals surface area contributed by atoms with E-state index in [0.717, 1.165) is 27.7 Å². The molecule has 0 radical (unpaired) electrons. The first-order chi connectivity index (χ1) is 15.8. The summed E-state index contributed by atoms with van der Waals surface area (Å²) in [4.78, 5) is 24.2. The number of aromatic nitrogens is 1. The number of nitrogens with zero attached hydrogens (tertiary/aromatic N) is 1. The molecule has 0 saturated carbocycles. The van der Waals surface area contributed by atoms with Gasteiger partial charge in [0.25, 0.3) is 0 Å². The summed E-state index contributed by atoms with van der Waals surface area (Å²) in [6, 6.07) is 10.9. The molecule has 0 aliphatic carbocycles. The number of ether oxygens (including phenoxy) is 3. The molecule has 0 aliphatic heterocycles. The molecule has 33 heavy (non-hydrogen) atoms. The summed E-state index contributed by atoms with van der Waals surface area (Å²) in [6.07, 6.45) is 1.35. The highest BCUT2D eigenvalue weighted by Gasteiger charge is 2.20. The molecule has 0 spiro atoms. The van der Waals surface area contributed by atoms with Gasteiger partial charge in [-0.05, 0) is 67.8 Å². The monoisotopic (exact) mass is 469 g/mol. The lowest BCUT2D eigenvalue weighted by molar-refractivity contribution is -0.148. The number of carbonyl (C=O) groups is 2. The van der Waals surface area contributed by atoms with Gasteiger partial charge in [-0.15, -0.1) is 0 Å². The second kappa shape index (κ2) is 10.6. The lowest BCUT2D eigenvalue weighted by Gasteiger charge is -2.17. The van der Waals surface area contributed by atoms with E-state index >= 15 is 0 Å². The van der Waals surface area contributed by atoms with Gasteiger partial charge in [0.2, 0.25) is 0 Å². The highest BCUT2D eigenvalue weighted by molar-refractivity contribution is 6.31. The van der Waals surface area contributed by atoms with Crippen molar-refractivity contribution in [3.8, 4) is 5.75 Å². The van der Waals surface area contributed by atoms with Crippen molar-refractivity contribution in [1.29, 1.82) is 0 Å². The molecule has 0 amide bonds. The smallest absolute Gasteiger partial charge is 0.347 e. The summed E-state index contributed by atoms with van der Waals surface area (Å²) in [6.45, 7) is 10.2. The average Bonchev–Trinajstić information content (AvgIpc) is 3.06. The van der Waals surface area contributed by atoms with Crippen LogP contribution in [0.1, 0.15) is 40.5 Å². The zero-order valence-corrected chi connectivity index (χ0v) is 20.1. The zero-order chi connectivity index (χ0) is 24.1. The highest BCUT2D eigenvalue weighted by Crippen LogP contribution is 2.30. The second-order valence-electron chi connectivity index (χ2n) is 7.71.